The summed E-state index contributed by atoms with van der Waals surface area (Å²) in [4.78, 5) is 273. The summed E-state index contributed by atoms with van der Waals surface area (Å²) in [6.07, 6.45) is 2.17. The number of nitrogens with one attached hydrogen (secondary N) is 12. The Balaban J connectivity index is 1.08. The summed E-state index contributed by atoms with van der Waals surface area (Å²) >= 11 is 0.784. The van der Waals surface area contributed by atoms with Gasteiger partial charge in [0.15, 0.2) is 0 Å². The predicted molar refractivity (Wildman–Crippen MR) is 479 cm³/mol. The fourth-order valence-electron chi connectivity index (χ4n) is 16.9. The number of carboxylic acid groups (broad SMARTS) is 2. The number of aromatic hydroxyl groups is 1. The maximum atomic E-state index is 15.8. The molecule has 3 unspecified atom stereocenters. The van der Waals surface area contributed by atoms with Crippen LogP contribution in [0.4, 0.5) is 0 Å². The quantitative estimate of drug-likeness (QED) is 0.0272. The van der Waals surface area contributed by atoms with E-state index in [9.17, 15) is 63.3 Å². The Morgan fingerprint density at radius 1 is 0.458 bits per heavy atom. The number of aromatic amines is 2. The maximum absolute atomic E-state index is 15.8. The van der Waals surface area contributed by atoms with E-state index in [1.165, 1.54) is 48.2 Å². The summed E-state index contributed by atoms with van der Waals surface area (Å²) < 4.78 is 0. The van der Waals surface area contributed by atoms with E-state index >= 15 is 38.4 Å². The number of nitrogens with two attached hydrogens (primary N) is 4. The molecule has 4 aliphatic rings. The summed E-state index contributed by atoms with van der Waals surface area (Å²) in [5.74, 6) is -18.7. The number of unbranched alkanes of at least 4 members (excludes halogenated alkanes) is 2. The first kappa shape index (κ1) is 102. The van der Waals surface area contributed by atoms with E-state index in [0.29, 0.717) is 64.2 Å². The number of carboxylic acids is 2. The van der Waals surface area contributed by atoms with E-state index in [-0.39, 0.29) is 128 Å². The van der Waals surface area contributed by atoms with Crippen molar-refractivity contribution in [1.29, 1.82) is 0 Å². The van der Waals surface area contributed by atoms with E-state index in [2.05, 4.69) is 63.1 Å². The molecule has 0 saturated carbocycles. The molecule has 4 aliphatic heterocycles. The lowest BCUT2D eigenvalue weighted by Gasteiger charge is -2.36. The minimum absolute atomic E-state index is 0.00629. The molecule has 16 amide bonds. The highest BCUT2D eigenvalue weighted by Gasteiger charge is 2.47. The number of primary amides is 1. The predicted octanol–water partition coefficient (Wildman–Crippen LogP) is -2.51. The number of fused-ring (bicyclic) bond motifs is 5. The van der Waals surface area contributed by atoms with Gasteiger partial charge in [-0.3, -0.25) is 86.3 Å². The molecule has 0 aliphatic carbocycles. The van der Waals surface area contributed by atoms with Gasteiger partial charge in [-0.05, 0) is 131 Å². The normalized spacial score (nSPS) is 25.0. The highest BCUT2D eigenvalue weighted by atomic mass is 32.2. The second-order valence-corrected chi connectivity index (χ2v) is 34.4. The molecule has 0 radical (unpaired) electrons. The van der Waals surface area contributed by atoms with Gasteiger partial charge in [0.05, 0.1) is 18.7 Å². The standard InChI is InChI=1S/C88H123N21O21S/c1-5-7-22-66-80(122)98-57(21-13-34-89)76(118)104-65(75(117)95-46-71(92)111)47-131-48-72(112)96-61(39-49-27-29-52(110)30-28-49)86(128)108-37-15-25-68(108)82(124)102-63(42-74(115)116)87(129)109-38-16-26-69(109)83(125)103-64(43-91)79(121)99-59(31-32-73(113)114)85(127)107-36-14-24-67(107)81(123)100-60(40-50-44-93-55-19-11-9-17-53(50)55)78(120)97-58(33-35-90)77(119)101-62(41-51-45-94-56-20-12-10-18-54(51)56)84(126)106(4)70(23-8-6-2)88(130)105(66)3/h9-12,17-20,27-30,44-45,57-70,93-94,110H,5-8,13-16,21-26,31-43,46-48,89-91H2,1-4H3,(H2,92,111)(H,95,117)(H,96,112)(H,97,120)(H,98,122)(H,99,121)(H,100,123)(H,101,119)(H,102,124)(H,103,125)(H,104,118)(H,113,114)(H,115,116)/t57-,58-,59?,60+,61-,62-,63+,64+,65+,66+,67?,68?,69-,70+/m0/s1. The van der Waals surface area contributed by atoms with Gasteiger partial charge in [0.1, 0.15) is 90.3 Å². The average Bonchev–Trinajstić information content (AvgIpc) is 1.20. The van der Waals surface area contributed by atoms with Gasteiger partial charge < -0.3 is 126 Å². The summed E-state index contributed by atoms with van der Waals surface area (Å²) in [6.45, 7) is 1.74. The molecule has 9 rings (SSSR count). The first-order chi connectivity index (χ1) is 62.7. The molecular weight excluding hydrogens is 1720 g/mol. The van der Waals surface area contributed by atoms with E-state index in [0.717, 1.165) is 26.5 Å². The van der Waals surface area contributed by atoms with E-state index in [1.54, 1.807) is 60.9 Å². The topological polar surface area (TPSA) is 640 Å². The van der Waals surface area contributed by atoms with Gasteiger partial charge in [0.25, 0.3) is 0 Å². The Bertz CT molecular complexity index is 4930. The Morgan fingerprint density at radius 3 is 1.45 bits per heavy atom. The number of amides is 16. The summed E-state index contributed by atoms with van der Waals surface area (Å²) in [6, 6.07) is -1.52. The van der Waals surface area contributed by atoms with Crippen molar-refractivity contribution < 1.29 is 102 Å². The Kier molecular flexibility index (Phi) is 38.4. The van der Waals surface area contributed by atoms with Crippen molar-refractivity contribution in [3.63, 3.8) is 0 Å². The average molecular weight is 1840 g/mol. The molecule has 2 aromatic heterocycles. The highest BCUT2D eigenvalue weighted by Crippen LogP contribution is 2.29. The van der Waals surface area contributed by atoms with E-state index in [4.69, 9.17) is 22.9 Å². The molecule has 4 fully saturated rings. The first-order valence-corrected chi connectivity index (χ1v) is 45.6. The minimum atomic E-state index is -1.88. The van der Waals surface area contributed by atoms with Gasteiger partial charge >= 0.3 is 11.9 Å². The number of para-hydroxylation sites is 2. The summed E-state index contributed by atoms with van der Waals surface area (Å²) in [7, 11) is 2.75. The molecule has 6 heterocycles. The number of thioether (sulfide) groups is 1. The molecule has 4 saturated heterocycles. The van der Waals surface area contributed by atoms with Crippen LogP contribution >= 0.6 is 11.8 Å². The smallest absolute Gasteiger partial charge is 0.305 e. The fourth-order valence-corrected chi connectivity index (χ4v) is 17.8. The van der Waals surface area contributed by atoms with E-state index in [1.807, 2.05) is 13.8 Å². The molecule has 23 N–H and O–H groups in total. The number of hydrogen-bond acceptors (Lipinski definition) is 23. The Labute approximate surface area is 760 Å². The number of nitrogens with zero attached hydrogens (tertiary/aromatic N) is 5. The SMILES string of the molecule is CCCC[C@@H]1C(=O)N(C)[C@H](CCCC)C(=O)N[C@@H](CCCN)C(=O)N[C@@H](C(=O)NCC(N)=O)CSCC(=O)N[C@@H](Cc2ccc(O)cc2)C(=O)N2CCCC2C(=O)N[C@H](CC(=O)O)C(=O)N2CCC[C@H]2C(=O)N[C@H](CN)C(=O)NC(CCC(=O)O)C(=O)N2CCCC2C(=O)N[C@H](Cc2c[nH]c3ccccc23)C(=O)N[C@@H](CCN)C(=O)N[C@@H](Cc2c[nH]c3ccccc23)C(=O)N1C. The lowest BCUT2D eigenvalue weighted by Crippen LogP contribution is -2.61. The first-order valence-electron chi connectivity index (χ1n) is 44.4. The van der Waals surface area contributed by atoms with Gasteiger partial charge in [-0.15, -0.1) is 11.8 Å². The molecule has 131 heavy (non-hydrogen) atoms. The number of carbonyl (C=O) groups is 18. The molecule has 5 aromatic rings. The summed E-state index contributed by atoms with van der Waals surface area (Å²) in [5.41, 5.74) is 26.6. The molecule has 43 heteroatoms. The monoisotopic (exact) mass is 1840 g/mol. The van der Waals surface area contributed by atoms with Crippen molar-refractivity contribution in [3.8, 4) is 5.75 Å². The zero-order chi connectivity index (χ0) is 95.3. The number of aliphatic carboxylic acids is 2. The number of carbonyl (C=O) groups excluding carboxylic acids is 16. The van der Waals surface area contributed by atoms with Gasteiger partial charge in [-0.1, -0.05) is 88.1 Å². The number of phenols is 1. The van der Waals surface area contributed by atoms with Crippen molar-refractivity contribution in [2.75, 3.05) is 71.4 Å². The molecule has 0 bridgehead atoms. The number of hydrogen-bond donors (Lipinski definition) is 19. The van der Waals surface area contributed by atoms with Crippen LogP contribution in [-0.2, 0) is 106 Å². The highest BCUT2D eigenvalue weighted by molar-refractivity contribution is 8.00. The molecule has 712 valence electrons. The summed E-state index contributed by atoms with van der Waals surface area (Å²) in [5, 5.41) is 58.1. The second-order valence-electron chi connectivity index (χ2n) is 33.4. The van der Waals surface area contributed by atoms with Gasteiger partial charge in [0.2, 0.25) is 94.5 Å². The van der Waals surface area contributed by atoms with Crippen LogP contribution < -0.4 is 76.1 Å². The number of benzene rings is 3. The number of likely N-dealkylation sites (N-methyl/N-ethyl adjacent to an activating group) is 2. The van der Waals surface area contributed by atoms with Crippen LogP contribution in [0.3, 0.4) is 0 Å². The zero-order valence-corrected chi connectivity index (χ0v) is 74.8. The van der Waals surface area contributed by atoms with Crippen LogP contribution in [0, 0.1) is 0 Å². The van der Waals surface area contributed by atoms with Crippen LogP contribution in [0.2, 0.25) is 0 Å². The zero-order valence-electron chi connectivity index (χ0n) is 74.0. The van der Waals surface area contributed by atoms with Gasteiger partial charge in [-0.25, -0.2) is 0 Å². The van der Waals surface area contributed by atoms with Gasteiger partial charge in [0, 0.05) is 106 Å². The van der Waals surface area contributed by atoms with Crippen LogP contribution in [-0.4, -0.2) is 312 Å². The second kappa shape index (κ2) is 49.3. The van der Waals surface area contributed by atoms with Crippen molar-refractivity contribution in [2.45, 2.75) is 233 Å². The molecule has 14 atom stereocenters. The van der Waals surface area contributed by atoms with Crippen molar-refractivity contribution in [3.05, 3.63) is 102 Å². The number of aromatic nitrogens is 2. The van der Waals surface area contributed by atoms with Crippen LogP contribution in [0.5, 0.6) is 5.75 Å². The number of phenolic OH excluding ortho intramolecular Hbond substituents is 1. The maximum Gasteiger partial charge on any atom is 0.305 e. The van der Waals surface area contributed by atoms with Gasteiger partial charge in [-0.2, -0.15) is 0 Å². The molecule has 3 aromatic carbocycles. The number of rotatable bonds is 26. The van der Waals surface area contributed by atoms with Crippen molar-refractivity contribution in [2.24, 2.45) is 22.9 Å². The van der Waals surface area contributed by atoms with Crippen LogP contribution in [0.25, 0.3) is 21.8 Å². The fraction of sp³-hybridized carbons (Fsp3) is 0.545. The third-order valence-corrected chi connectivity index (χ3v) is 25.0. The molecule has 0 spiro atoms. The Morgan fingerprint density at radius 2 is 0.916 bits per heavy atom. The van der Waals surface area contributed by atoms with Crippen molar-refractivity contribution >= 4 is 140 Å². The lowest BCUT2D eigenvalue weighted by molar-refractivity contribution is -0.149. The minimum Gasteiger partial charge on any atom is -0.508 e. The van der Waals surface area contributed by atoms with E-state index < -0.39 is 235 Å². The lowest BCUT2D eigenvalue weighted by atomic mass is 9.99. The van der Waals surface area contributed by atoms with Crippen molar-refractivity contribution in [1.82, 2.24) is 87.6 Å². The Hall–Kier alpha value is -12.8. The van der Waals surface area contributed by atoms with Crippen LogP contribution in [0.1, 0.15) is 146 Å². The largest absolute Gasteiger partial charge is 0.508 e. The van der Waals surface area contributed by atoms with Crippen LogP contribution in [0.15, 0.2) is 85.2 Å². The molecular formula is C88H123N21O21S. The molecule has 42 nitrogen and oxygen atoms in total. The third-order valence-electron chi connectivity index (χ3n) is 24.0. The third kappa shape index (κ3) is 27.9. The number of H-pyrrole nitrogens is 2.